The van der Waals surface area contributed by atoms with Crippen molar-refractivity contribution in [2.45, 2.75) is 0 Å². The van der Waals surface area contributed by atoms with Gasteiger partial charge in [-0.15, -0.1) is 0 Å². The third kappa shape index (κ3) is 3.01. The van der Waals surface area contributed by atoms with Crippen LogP contribution in [0.2, 0.25) is 0 Å². The highest BCUT2D eigenvalue weighted by atomic mass is 19.1. The molecule has 6 nitrogen and oxygen atoms in total. The van der Waals surface area contributed by atoms with Crippen LogP contribution in [0.1, 0.15) is 0 Å². The molecule has 0 amide bonds. The topological polar surface area (TPSA) is 89.7 Å². The van der Waals surface area contributed by atoms with Crippen molar-refractivity contribution in [1.82, 2.24) is 20.2 Å². The molecule has 27 heavy (non-hydrogen) atoms. The zero-order valence-corrected chi connectivity index (χ0v) is 13.3. The van der Waals surface area contributed by atoms with Crippen LogP contribution in [-0.4, -0.2) is 20.2 Å². The Kier molecular flexibility index (Phi) is 3.87. The fourth-order valence-corrected chi connectivity index (χ4v) is 2.52. The van der Waals surface area contributed by atoms with Crippen molar-refractivity contribution in [3.63, 3.8) is 0 Å². The van der Waals surface area contributed by atoms with Crippen LogP contribution in [0.3, 0.4) is 0 Å². The monoisotopic (exact) mass is 375 g/mol. The third-order valence-corrected chi connectivity index (χ3v) is 3.72. The molecular weight excluding hydrogens is 366 g/mol. The third-order valence-electron chi connectivity index (χ3n) is 3.72. The summed E-state index contributed by atoms with van der Waals surface area (Å²) in [7, 11) is 0. The van der Waals surface area contributed by atoms with Crippen molar-refractivity contribution >= 4 is 16.9 Å². The molecule has 0 aliphatic carbocycles. The molecule has 2 heterocycles. The second kappa shape index (κ2) is 6.24. The number of benzene rings is 2. The van der Waals surface area contributed by atoms with E-state index in [-0.39, 0.29) is 39.9 Å². The van der Waals surface area contributed by atoms with Gasteiger partial charge in [0.15, 0.2) is 17.2 Å². The lowest BCUT2D eigenvalue weighted by atomic mass is 10.1. The maximum Gasteiger partial charge on any atom is 0.326 e. The number of rotatable bonds is 3. The van der Waals surface area contributed by atoms with E-state index in [1.807, 2.05) is 0 Å². The SMILES string of the molecule is Nc1nc(Oc2ccc(F)cc2F)nc2n[nH]c(-c3ccc(F)cc3F)c12. The number of H-pyrrole nitrogens is 1. The fraction of sp³-hybridized carbons (Fsp3) is 0. The van der Waals surface area contributed by atoms with E-state index in [9.17, 15) is 17.6 Å². The van der Waals surface area contributed by atoms with Gasteiger partial charge in [-0.3, -0.25) is 5.10 Å². The number of halogens is 4. The average molecular weight is 375 g/mol. The molecule has 0 unspecified atom stereocenters. The van der Waals surface area contributed by atoms with E-state index in [1.54, 1.807) is 0 Å². The standard InChI is InChI=1S/C17H9F4N5O/c18-7-1-3-9(10(20)5-7)14-13-15(22)23-17(24-16(13)26-25-14)27-12-4-2-8(19)6-11(12)21/h1-6H,(H3,22,23,24,25,26). The first-order chi connectivity index (χ1) is 12.9. The molecule has 0 aliphatic heterocycles. The summed E-state index contributed by atoms with van der Waals surface area (Å²) in [6.07, 6.45) is 0. The summed E-state index contributed by atoms with van der Waals surface area (Å²) in [6, 6.07) is 5.40. The molecule has 136 valence electrons. The molecule has 0 bridgehead atoms. The van der Waals surface area contributed by atoms with Gasteiger partial charge in [0, 0.05) is 17.7 Å². The molecule has 0 atom stereocenters. The second-order valence-electron chi connectivity index (χ2n) is 5.49. The first-order valence-corrected chi connectivity index (χ1v) is 7.52. The summed E-state index contributed by atoms with van der Waals surface area (Å²) in [4.78, 5) is 7.87. The van der Waals surface area contributed by atoms with Crippen LogP contribution in [0.15, 0.2) is 36.4 Å². The number of aromatic nitrogens is 4. The summed E-state index contributed by atoms with van der Waals surface area (Å²) in [6.45, 7) is 0. The number of nitrogens with two attached hydrogens (primary N) is 1. The number of fused-ring (bicyclic) bond motifs is 1. The van der Waals surface area contributed by atoms with E-state index in [0.29, 0.717) is 12.1 Å². The van der Waals surface area contributed by atoms with Crippen LogP contribution < -0.4 is 10.5 Å². The molecule has 4 rings (SSSR count). The van der Waals surface area contributed by atoms with Crippen LogP contribution in [0.25, 0.3) is 22.3 Å². The summed E-state index contributed by atoms with van der Waals surface area (Å²) < 4.78 is 59.0. The maximum atomic E-state index is 14.1. The lowest BCUT2D eigenvalue weighted by Gasteiger charge is -2.06. The van der Waals surface area contributed by atoms with Gasteiger partial charge in [0.1, 0.15) is 23.3 Å². The maximum absolute atomic E-state index is 14.1. The van der Waals surface area contributed by atoms with Gasteiger partial charge in [0.2, 0.25) is 0 Å². The molecule has 0 fully saturated rings. The molecular formula is C17H9F4N5O. The number of aromatic amines is 1. The van der Waals surface area contributed by atoms with E-state index >= 15 is 0 Å². The van der Waals surface area contributed by atoms with E-state index < -0.39 is 23.3 Å². The van der Waals surface area contributed by atoms with E-state index in [2.05, 4.69) is 20.2 Å². The van der Waals surface area contributed by atoms with E-state index in [0.717, 1.165) is 18.2 Å². The van der Waals surface area contributed by atoms with Crippen LogP contribution in [0, 0.1) is 23.3 Å². The number of anilines is 1. The highest BCUT2D eigenvalue weighted by molar-refractivity contribution is 5.98. The zero-order valence-electron chi connectivity index (χ0n) is 13.3. The Balaban J connectivity index is 1.77. The van der Waals surface area contributed by atoms with Crippen molar-refractivity contribution < 1.29 is 22.3 Å². The van der Waals surface area contributed by atoms with Gasteiger partial charge in [0.05, 0.1) is 11.1 Å². The quantitative estimate of drug-likeness (QED) is 0.529. The minimum Gasteiger partial charge on any atom is -0.421 e. The molecule has 0 saturated heterocycles. The van der Waals surface area contributed by atoms with E-state index in [1.165, 1.54) is 6.07 Å². The predicted molar refractivity (Wildman–Crippen MR) is 87.9 cm³/mol. The normalized spacial score (nSPS) is 11.1. The van der Waals surface area contributed by atoms with Crippen molar-refractivity contribution in [3.05, 3.63) is 59.7 Å². The zero-order chi connectivity index (χ0) is 19.1. The predicted octanol–water partition coefficient (Wildman–Crippen LogP) is 3.95. The van der Waals surface area contributed by atoms with Crippen molar-refractivity contribution in [3.8, 4) is 23.0 Å². The molecule has 4 aromatic rings. The van der Waals surface area contributed by atoms with Gasteiger partial charge in [0.25, 0.3) is 0 Å². The Labute approximate surface area is 148 Å². The molecule has 0 saturated carbocycles. The second-order valence-corrected chi connectivity index (χ2v) is 5.49. The lowest BCUT2D eigenvalue weighted by molar-refractivity contribution is 0.410. The number of nitrogen functional groups attached to an aromatic ring is 1. The Morgan fingerprint density at radius 2 is 1.59 bits per heavy atom. The van der Waals surface area contributed by atoms with E-state index in [4.69, 9.17) is 10.5 Å². The Bertz CT molecular complexity index is 1180. The number of hydrogen-bond acceptors (Lipinski definition) is 5. The van der Waals surface area contributed by atoms with Gasteiger partial charge in [-0.25, -0.2) is 17.6 Å². The van der Waals surface area contributed by atoms with Crippen LogP contribution in [-0.2, 0) is 0 Å². The summed E-state index contributed by atoms with van der Waals surface area (Å²) in [5.74, 6) is -3.71. The van der Waals surface area contributed by atoms with Gasteiger partial charge in [-0.05, 0) is 24.3 Å². The Hall–Kier alpha value is -3.69. The summed E-state index contributed by atoms with van der Waals surface area (Å²) in [5, 5.41) is 6.66. The number of ether oxygens (including phenoxy) is 1. The van der Waals surface area contributed by atoms with Crippen molar-refractivity contribution in [2.24, 2.45) is 0 Å². The van der Waals surface area contributed by atoms with Crippen LogP contribution in [0.5, 0.6) is 11.8 Å². The highest BCUT2D eigenvalue weighted by Crippen LogP contribution is 2.33. The highest BCUT2D eigenvalue weighted by Gasteiger charge is 2.19. The smallest absolute Gasteiger partial charge is 0.326 e. The molecule has 2 aromatic heterocycles. The minimum atomic E-state index is -0.951. The lowest BCUT2D eigenvalue weighted by Crippen LogP contribution is -1.99. The van der Waals surface area contributed by atoms with Gasteiger partial charge >= 0.3 is 6.01 Å². The van der Waals surface area contributed by atoms with Crippen molar-refractivity contribution in [2.75, 3.05) is 5.73 Å². The van der Waals surface area contributed by atoms with Crippen LogP contribution >= 0.6 is 0 Å². The minimum absolute atomic E-state index is 0.0208. The molecule has 0 spiro atoms. The number of nitrogens with zero attached hydrogens (tertiary/aromatic N) is 3. The first-order valence-electron chi connectivity index (χ1n) is 7.52. The molecule has 0 radical (unpaired) electrons. The van der Waals surface area contributed by atoms with Gasteiger partial charge in [-0.1, -0.05) is 0 Å². The summed E-state index contributed by atoms with van der Waals surface area (Å²) in [5.41, 5.74) is 6.09. The van der Waals surface area contributed by atoms with Gasteiger partial charge in [-0.2, -0.15) is 15.1 Å². The molecule has 3 N–H and O–H groups in total. The first kappa shape index (κ1) is 16.8. The fourth-order valence-electron chi connectivity index (χ4n) is 2.52. The molecule has 0 aliphatic rings. The van der Waals surface area contributed by atoms with Crippen molar-refractivity contribution in [1.29, 1.82) is 0 Å². The van der Waals surface area contributed by atoms with Gasteiger partial charge < -0.3 is 10.5 Å². The Morgan fingerprint density at radius 3 is 2.30 bits per heavy atom. The Morgan fingerprint density at radius 1 is 0.889 bits per heavy atom. The summed E-state index contributed by atoms with van der Waals surface area (Å²) >= 11 is 0. The number of nitrogens with one attached hydrogen (secondary N) is 1. The molecule has 2 aromatic carbocycles. The molecule has 10 heteroatoms. The average Bonchev–Trinajstić information content (AvgIpc) is 3.02. The largest absolute Gasteiger partial charge is 0.421 e. The van der Waals surface area contributed by atoms with Crippen LogP contribution in [0.4, 0.5) is 23.4 Å². The number of hydrogen-bond donors (Lipinski definition) is 2.